The Morgan fingerprint density at radius 3 is 2.56 bits per heavy atom. The first-order valence-electron chi connectivity index (χ1n) is 8.60. The number of rotatable bonds is 3. The lowest BCUT2D eigenvalue weighted by atomic mass is 10.2. The van der Waals surface area contributed by atoms with Gasteiger partial charge in [0.25, 0.3) is 5.91 Å². The number of carbonyl (C=O) groups excluding carboxylic acids is 1. The van der Waals surface area contributed by atoms with Gasteiger partial charge in [0, 0.05) is 50.8 Å². The van der Waals surface area contributed by atoms with E-state index in [1.165, 1.54) is 12.3 Å². The molecule has 0 aromatic carbocycles. The monoisotopic (exact) mass is 367 g/mol. The zero-order valence-electron chi connectivity index (χ0n) is 14.8. The van der Waals surface area contributed by atoms with Gasteiger partial charge in [-0.1, -0.05) is 0 Å². The Kier molecular flexibility index (Phi) is 4.49. The molecule has 27 heavy (non-hydrogen) atoms. The van der Waals surface area contributed by atoms with E-state index in [0.717, 1.165) is 12.0 Å². The molecule has 8 nitrogen and oxygen atoms in total. The predicted octanol–water partition coefficient (Wildman–Crippen LogP) is 1.47. The van der Waals surface area contributed by atoms with Crippen molar-refractivity contribution in [3.8, 4) is 5.82 Å². The molecule has 0 spiro atoms. The zero-order chi connectivity index (χ0) is 18.8. The van der Waals surface area contributed by atoms with Crippen molar-refractivity contribution >= 4 is 11.7 Å². The molecule has 138 valence electrons. The summed E-state index contributed by atoms with van der Waals surface area (Å²) in [6, 6.07) is 4.93. The molecule has 3 aromatic rings. The van der Waals surface area contributed by atoms with Crippen LogP contribution in [0.2, 0.25) is 0 Å². The fourth-order valence-electron chi connectivity index (χ4n) is 3.07. The van der Waals surface area contributed by atoms with Crippen LogP contribution in [0.15, 0.2) is 43.0 Å². The van der Waals surface area contributed by atoms with Gasteiger partial charge in [0.2, 0.25) is 0 Å². The van der Waals surface area contributed by atoms with Crippen LogP contribution in [0.3, 0.4) is 0 Å². The Bertz CT molecular complexity index is 952. The highest BCUT2D eigenvalue weighted by molar-refractivity contribution is 5.94. The molecule has 1 saturated heterocycles. The highest BCUT2D eigenvalue weighted by Crippen LogP contribution is 2.18. The molecule has 9 heteroatoms. The molecular weight excluding hydrogens is 349 g/mol. The van der Waals surface area contributed by atoms with Gasteiger partial charge in [0.05, 0.1) is 11.8 Å². The number of piperazine rings is 1. The lowest BCUT2D eigenvalue weighted by Gasteiger charge is -2.35. The lowest BCUT2D eigenvalue weighted by molar-refractivity contribution is 0.0745. The zero-order valence-corrected chi connectivity index (χ0v) is 14.8. The summed E-state index contributed by atoms with van der Waals surface area (Å²) in [6.07, 6.45) is 6.00. The Morgan fingerprint density at radius 1 is 1.07 bits per heavy atom. The van der Waals surface area contributed by atoms with E-state index < -0.39 is 5.82 Å². The summed E-state index contributed by atoms with van der Waals surface area (Å²) in [6.45, 7) is 4.14. The second-order valence-corrected chi connectivity index (χ2v) is 6.25. The van der Waals surface area contributed by atoms with Gasteiger partial charge < -0.3 is 9.80 Å². The maximum Gasteiger partial charge on any atom is 0.255 e. The molecule has 0 bridgehead atoms. The van der Waals surface area contributed by atoms with Crippen molar-refractivity contribution in [2.45, 2.75) is 6.92 Å². The average Bonchev–Trinajstić information content (AvgIpc) is 3.22. The number of halogens is 1. The SMILES string of the molecule is Cc1nc(N2CCN(C(=O)c3cncc(F)c3)CC2)cc(-n2cccn2)n1. The molecule has 0 radical (unpaired) electrons. The van der Waals surface area contributed by atoms with Gasteiger partial charge in [-0.25, -0.2) is 19.0 Å². The molecule has 4 rings (SSSR count). The van der Waals surface area contributed by atoms with Gasteiger partial charge in [0.1, 0.15) is 17.5 Å². The smallest absolute Gasteiger partial charge is 0.255 e. The minimum Gasteiger partial charge on any atom is -0.353 e. The molecule has 1 aliphatic rings. The van der Waals surface area contributed by atoms with Crippen LogP contribution >= 0.6 is 0 Å². The normalized spacial score (nSPS) is 14.4. The number of hydrogen-bond donors (Lipinski definition) is 0. The standard InChI is InChI=1S/C18H18FN7O/c1-13-22-16(10-17(23-13)26-4-2-3-21-26)24-5-7-25(8-6-24)18(27)14-9-15(19)12-20-11-14/h2-4,9-12H,5-8H2,1H3. The summed E-state index contributed by atoms with van der Waals surface area (Å²) in [5, 5.41) is 4.21. The molecule has 0 N–H and O–H groups in total. The number of pyridine rings is 1. The first-order chi connectivity index (χ1) is 13.1. The van der Waals surface area contributed by atoms with Gasteiger partial charge in [-0.3, -0.25) is 9.78 Å². The van der Waals surface area contributed by atoms with Crippen LogP contribution in [0, 0.1) is 12.7 Å². The fourth-order valence-corrected chi connectivity index (χ4v) is 3.07. The van der Waals surface area contributed by atoms with Crippen LogP contribution < -0.4 is 4.90 Å². The van der Waals surface area contributed by atoms with Crippen LogP contribution in [0.5, 0.6) is 0 Å². The van der Waals surface area contributed by atoms with Gasteiger partial charge in [-0.15, -0.1) is 0 Å². The Labute approximate surface area is 155 Å². The number of carbonyl (C=O) groups is 1. The Morgan fingerprint density at radius 2 is 1.85 bits per heavy atom. The van der Waals surface area contributed by atoms with E-state index in [2.05, 4.69) is 25.0 Å². The first-order valence-corrected chi connectivity index (χ1v) is 8.60. The number of anilines is 1. The van der Waals surface area contributed by atoms with Crippen LogP contribution in [0.1, 0.15) is 16.2 Å². The van der Waals surface area contributed by atoms with E-state index in [0.29, 0.717) is 37.8 Å². The van der Waals surface area contributed by atoms with Crippen molar-refractivity contribution in [3.05, 3.63) is 60.2 Å². The molecule has 1 amide bonds. The maximum absolute atomic E-state index is 13.3. The largest absolute Gasteiger partial charge is 0.353 e. The maximum atomic E-state index is 13.3. The highest BCUT2D eigenvalue weighted by atomic mass is 19.1. The van der Waals surface area contributed by atoms with Gasteiger partial charge >= 0.3 is 0 Å². The summed E-state index contributed by atoms with van der Waals surface area (Å²) in [4.78, 5) is 29.0. The van der Waals surface area contributed by atoms with E-state index in [1.54, 1.807) is 15.8 Å². The van der Waals surface area contributed by atoms with E-state index in [9.17, 15) is 9.18 Å². The van der Waals surface area contributed by atoms with Crippen molar-refractivity contribution in [1.29, 1.82) is 0 Å². The van der Waals surface area contributed by atoms with Crippen LogP contribution in [-0.4, -0.2) is 61.7 Å². The summed E-state index contributed by atoms with van der Waals surface area (Å²) in [7, 11) is 0. The average molecular weight is 367 g/mol. The topological polar surface area (TPSA) is 80.0 Å². The molecule has 0 aliphatic carbocycles. The Balaban J connectivity index is 1.47. The van der Waals surface area contributed by atoms with Crippen LogP contribution in [0.25, 0.3) is 5.82 Å². The number of amides is 1. The third kappa shape index (κ3) is 3.62. The first kappa shape index (κ1) is 17.1. The van der Waals surface area contributed by atoms with Gasteiger partial charge in [-0.05, 0) is 19.1 Å². The number of hydrogen-bond acceptors (Lipinski definition) is 6. The van der Waals surface area contributed by atoms with Gasteiger partial charge in [-0.2, -0.15) is 5.10 Å². The summed E-state index contributed by atoms with van der Waals surface area (Å²) < 4.78 is 15.0. The van der Waals surface area contributed by atoms with E-state index in [4.69, 9.17) is 0 Å². The van der Waals surface area contributed by atoms with E-state index in [1.807, 2.05) is 25.3 Å². The second kappa shape index (κ2) is 7.10. The summed E-state index contributed by atoms with van der Waals surface area (Å²) in [5.74, 6) is 1.43. The fraction of sp³-hybridized carbons (Fsp3) is 0.278. The molecule has 0 saturated carbocycles. The van der Waals surface area contributed by atoms with Crippen LogP contribution in [-0.2, 0) is 0 Å². The molecular formula is C18H18FN7O. The van der Waals surface area contributed by atoms with Gasteiger partial charge in [0.15, 0.2) is 5.82 Å². The summed E-state index contributed by atoms with van der Waals surface area (Å²) >= 11 is 0. The number of aromatic nitrogens is 5. The molecule has 0 atom stereocenters. The van der Waals surface area contributed by atoms with E-state index >= 15 is 0 Å². The molecule has 1 aliphatic heterocycles. The highest BCUT2D eigenvalue weighted by Gasteiger charge is 2.24. The third-order valence-corrected chi connectivity index (χ3v) is 4.39. The third-order valence-electron chi connectivity index (χ3n) is 4.39. The quantitative estimate of drug-likeness (QED) is 0.697. The van der Waals surface area contributed by atoms with Crippen molar-refractivity contribution < 1.29 is 9.18 Å². The number of aryl methyl sites for hydroxylation is 1. The minimum absolute atomic E-state index is 0.210. The molecule has 0 unspecified atom stereocenters. The Hall–Kier alpha value is -3.36. The molecule has 1 fully saturated rings. The van der Waals surface area contributed by atoms with E-state index in [-0.39, 0.29) is 11.5 Å². The molecule has 3 aromatic heterocycles. The van der Waals surface area contributed by atoms with Crippen molar-refractivity contribution in [1.82, 2.24) is 29.6 Å². The van der Waals surface area contributed by atoms with Crippen molar-refractivity contribution in [3.63, 3.8) is 0 Å². The second-order valence-electron chi connectivity index (χ2n) is 6.25. The predicted molar refractivity (Wildman–Crippen MR) is 96.2 cm³/mol. The van der Waals surface area contributed by atoms with Crippen molar-refractivity contribution in [2.75, 3.05) is 31.1 Å². The summed E-state index contributed by atoms with van der Waals surface area (Å²) in [5.41, 5.74) is 0.266. The van der Waals surface area contributed by atoms with Crippen molar-refractivity contribution in [2.24, 2.45) is 0 Å². The lowest BCUT2D eigenvalue weighted by Crippen LogP contribution is -2.49. The number of nitrogens with zero attached hydrogens (tertiary/aromatic N) is 7. The molecule has 4 heterocycles. The van der Waals surface area contributed by atoms with Crippen LogP contribution in [0.4, 0.5) is 10.2 Å². The minimum atomic E-state index is -0.512.